The standard InChI is InChI=1S/C64H103NO8/c1-3-5-7-9-11-13-15-17-18-19-20-21-22-23-24-25-26-27-28-29-30-31-32-33-34-35-36-37-38-39-40-42-44-46-48-50-52-54-60(68)65-57(56-72-64-63(71)62(70)61(69)59(55-66)73-64)58(67)53-51-49-47-45-43-41-16-14-12-10-8-6-4-2/h5,7,11,13,17-18,20-21,23-24,26-27,29-30,32-33,35-36,38-39,43,45,51,53,57-59,61-64,66-67,69-71H,3-4,6,8-10,12,14-16,19,22,25,28,31,34,37,40-42,44,46-50,52,54-56H2,1-2H3,(H,65,68)/b7-5-,13-11-,18-17-,21-20-,24-23-,27-26-,30-29-,33-32-,36-35-,39-38-,45-43+,53-51+. The van der Waals surface area contributed by atoms with Crippen LogP contribution in [0.3, 0.4) is 0 Å². The number of ether oxygens (including phenoxy) is 2. The molecule has 0 spiro atoms. The molecule has 6 N–H and O–H groups in total. The average Bonchev–Trinajstić information content (AvgIpc) is 3.39. The lowest BCUT2D eigenvalue weighted by molar-refractivity contribution is -0.302. The van der Waals surface area contributed by atoms with Crippen molar-refractivity contribution in [1.29, 1.82) is 0 Å². The Bertz CT molecular complexity index is 1650. The molecular formula is C64H103NO8. The quantitative estimate of drug-likeness (QED) is 0.0261. The van der Waals surface area contributed by atoms with Crippen molar-refractivity contribution in [2.24, 2.45) is 0 Å². The minimum atomic E-state index is -1.58. The molecule has 0 saturated carbocycles. The van der Waals surface area contributed by atoms with E-state index in [0.29, 0.717) is 6.42 Å². The zero-order chi connectivity index (χ0) is 52.9. The monoisotopic (exact) mass is 1010 g/mol. The molecule has 412 valence electrons. The summed E-state index contributed by atoms with van der Waals surface area (Å²) >= 11 is 0. The van der Waals surface area contributed by atoms with Crippen LogP contribution in [0.1, 0.15) is 194 Å². The number of amides is 1. The van der Waals surface area contributed by atoms with E-state index in [2.05, 4.69) is 153 Å². The molecular weight excluding hydrogens is 911 g/mol. The normalized spacial score (nSPS) is 20.2. The van der Waals surface area contributed by atoms with Gasteiger partial charge in [0.2, 0.25) is 5.91 Å². The number of hydrogen-bond acceptors (Lipinski definition) is 8. The van der Waals surface area contributed by atoms with E-state index in [0.717, 1.165) is 128 Å². The molecule has 9 heteroatoms. The molecule has 1 rings (SSSR count). The Morgan fingerprint density at radius 2 is 0.863 bits per heavy atom. The number of nitrogens with one attached hydrogen (secondary N) is 1. The maximum Gasteiger partial charge on any atom is 0.220 e. The number of carbonyl (C=O) groups is 1. The highest BCUT2D eigenvalue weighted by Gasteiger charge is 2.44. The molecule has 0 aromatic heterocycles. The second kappa shape index (κ2) is 51.6. The van der Waals surface area contributed by atoms with E-state index in [4.69, 9.17) is 9.47 Å². The van der Waals surface area contributed by atoms with Gasteiger partial charge in [0.1, 0.15) is 24.4 Å². The van der Waals surface area contributed by atoms with E-state index in [1.807, 2.05) is 6.08 Å². The molecule has 9 nitrogen and oxygen atoms in total. The highest BCUT2D eigenvalue weighted by atomic mass is 16.7. The lowest BCUT2D eigenvalue weighted by Gasteiger charge is -2.40. The van der Waals surface area contributed by atoms with Crippen LogP contribution in [-0.2, 0) is 14.3 Å². The van der Waals surface area contributed by atoms with Gasteiger partial charge in [0.15, 0.2) is 6.29 Å². The predicted octanol–water partition coefficient (Wildman–Crippen LogP) is 14.3. The molecule has 7 unspecified atom stereocenters. The highest BCUT2D eigenvalue weighted by molar-refractivity contribution is 5.76. The van der Waals surface area contributed by atoms with Crippen LogP contribution in [0.15, 0.2) is 146 Å². The fourth-order valence-electron chi connectivity index (χ4n) is 7.90. The van der Waals surface area contributed by atoms with E-state index < -0.39 is 49.5 Å². The molecule has 0 aromatic carbocycles. The number of carbonyl (C=O) groups excluding carboxylic acids is 1. The number of aliphatic hydroxyl groups is 5. The Morgan fingerprint density at radius 1 is 0.479 bits per heavy atom. The van der Waals surface area contributed by atoms with E-state index >= 15 is 0 Å². The Morgan fingerprint density at radius 3 is 1.32 bits per heavy atom. The summed E-state index contributed by atoms with van der Waals surface area (Å²) in [5.41, 5.74) is 0. The zero-order valence-corrected chi connectivity index (χ0v) is 45.6. The smallest absolute Gasteiger partial charge is 0.220 e. The van der Waals surface area contributed by atoms with Crippen molar-refractivity contribution in [3.8, 4) is 0 Å². The first-order valence-electron chi connectivity index (χ1n) is 28.6. The summed E-state index contributed by atoms with van der Waals surface area (Å²) in [6.45, 7) is 3.60. The van der Waals surface area contributed by atoms with E-state index in [1.165, 1.54) is 44.9 Å². The van der Waals surface area contributed by atoms with Crippen LogP contribution in [0.2, 0.25) is 0 Å². The van der Waals surface area contributed by atoms with E-state index in [9.17, 15) is 30.3 Å². The molecule has 1 amide bonds. The van der Waals surface area contributed by atoms with E-state index in [1.54, 1.807) is 6.08 Å². The van der Waals surface area contributed by atoms with Crippen LogP contribution in [0.25, 0.3) is 0 Å². The van der Waals surface area contributed by atoms with Gasteiger partial charge in [0, 0.05) is 6.42 Å². The van der Waals surface area contributed by atoms with Gasteiger partial charge in [-0.15, -0.1) is 0 Å². The number of unbranched alkanes of at least 4 members (excludes halogenated alkanes) is 14. The molecule has 1 aliphatic heterocycles. The molecule has 7 atom stereocenters. The second-order valence-corrected chi connectivity index (χ2v) is 19.0. The minimum Gasteiger partial charge on any atom is -0.394 e. The van der Waals surface area contributed by atoms with Gasteiger partial charge in [0.25, 0.3) is 0 Å². The lowest BCUT2D eigenvalue weighted by atomic mass is 9.99. The van der Waals surface area contributed by atoms with Gasteiger partial charge >= 0.3 is 0 Å². The van der Waals surface area contributed by atoms with Gasteiger partial charge in [0.05, 0.1) is 25.4 Å². The van der Waals surface area contributed by atoms with Gasteiger partial charge in [-0.05, 0) is 109 Å². The number of aliphatic hydroxyl groups excluding tert-OH is 5. The van der Waals surface area contributed by atoms with Crippen molar-refractivity contribution < 1.29 is 39.8 Å². The van der Waals surface area contributed by atoms with Gasteiger partial charge in [-0.1, -0.05) is 224 Å². The molecule has 1 saturated heterocycles. The van der Waals surface area contributed by atoms with Crippen molar-refractivity contribution in [2.45, 2.75) is 236 Å². The van der Waals surface area contributed by atoms with Crippen LogP contribution in [0, 0.1) is 0 Å². The van der Waals surface area contributed by atoms with Gasteiger partial charge in [-0.2, -0.15) is 0 Å². The zero-order valence-electron chi connectivity index (χ0n) is 45.6. The van der Waals surface area contributed by atoms with Crippen molar-refractivity contribution in [3.63, 3.8) is 0 Å². The highest BCUT2D eigenvalue weighted by Crippen LogP contribution is 2.22. The summed E-state index contributed by atoms with van der Waals surface area (Å²) in [4.78, 5) is 13.0. The topological polar surface area (TPSA) is 149 Å². The van der Waals surface area contributed by atoms with Crippen LogP contribution < -0.4 is 5.32 Å². The maximum absolute atomic E-state index is 13.0. The third-order valence-corrected chi connectivity index (χ3v) is 12.4. The fourth-order valence-corrected chi connectivity index (χ4v) is 7.90. The van der Waals surface area contributed by atoms with Gasteiger partial charge in [-0.25, -0.2) is 0 Å². The Labute approximate surface area is 444 Å². The summed E-state index contributed by atoms with van der Waals surface area (Å²) in [7, 11) is 0. The Balaban J connectivity index is 2.21. The lowest BCUT2D eigenvalue weighted by Crippen LogP contribution is -2.60. The van der Waals surface area contributed by atoms with Crippen molar-refractivity contribution in [1.82, 2.24) is 5.32 Å². The summed E-state index contributed by atoms with van der Waals surface area (Å²) in [6.07, 6.45) is 73.4. The first-order valence-corrected chi connectivity index (χ1v) is 28.6. The van der Waals surface area contributed by atoms with Crippen LogP contribution >= 0.6 is 0 Å². The van der Waals surface area contributed by atoms with Crippen molar-refractivity contribution in [2.75, 3.05) is 13.2 Å². The molecule has 0 radical (unpaired) electrons. The summed E-state index contributed by atoms with van der Waals surface area (Å²) in [6, 6.07) is -0.840. The summed E-state index contributed by atoms with van der Waals surface area (Å²) in [5, 5.41) is 54.3. The molecule has 0 aliphatic carbocycles. The first kappa shape index (κ1) is 67.1. The minimum absolute atomic E-state index is 0.209. The number of hydrogen-bond donors (Lipinski definition) is 6. The van der Waals surface area contributed by atoms with Crippen LogP contribution in [-0.4, -0.2) is 87.5 Å². The third-order valence-electron chi connectivity index (χ3n) is 12.4. The predicted molar refractivity (Wildman–Crippen MR) is 308 cm³/mol. The molecule has 1 aliphatic rings. The third kappa shape index (κ3) is 41.1. The van der Waals surface area contributed by atoms with Gasteiger partial charge in [-0.3, -0.25) is 4.79 Å². The summed E-state index contributed by atoms with van der Waals surface area (Å²) < 4.78 is 11.2. The molecule has 73 heavy (non-hydrogen) atoms. The average molecular weight is 1010 g/mol. The summed E-state index contributed by atoms with van der Waals surface area (Å²) in [5.74, 6) is -0.209. The maximum atomic E-state index is 13.0. The molecule has 0 bridgehead atoms. The second-order valence-electron chi connectivity index (χ2n) is 19.0. The Hall–Kier alpha value is -3.93. The molecule has 1 fully saturated rings. The first-order chi connectivity index (χ1) is 35.8. The van der Waals surface area contributed by atoms with E-state index in [-0.39, 0.29) is 12.5 Å². The largest absolute Gasteiger partial charge is 0.394 e. The van der Waals surface area contributed by atoms with Gasteiger partial charge < -0.3 is 40.3 Å². The van der Waals surface area contributed by atoms with Crippen molar-refractivity contribution in [3.05, 3.63) is 146 Å². The number of allylic oxidation sites excluding steroid dienone is 23. The van der Waals surface area contributed by atoms with Crippen LogP contribution in [0.5, 0.6) is 0 Å². The fraction of sp³-hybridized carbons (Fsp3) is 0.609. The van der Waals surface area contributed by atoms with Crippen molar-refractivity contribution >= 4 is 5.91 Å². The molecule has 0 aromatic rings. The number of rotatable bonds is 46. The van der Waals surface area contributed by atoms with Crippen LogP contribution in [0.4, 0.5) is 0 Å². The Kier molecular flexibility index (Phi) is 47.4. The molecule has 1 heterocycles. The SMILES string of the molecule is CC/C=C\C/C=C\C/C=C\C/C=C\C/C=C\C/C=C\C/C=C\C/C=C\C/C=C\C/C=C\CCCCCCCCC(=O)NC(COC1OC(CO)C(O)C(O)C1O)C(O)/C=C/CC/C=C/CCCCCCCCC.